The lowest BCUT2D eigenvalue weighted by atomic mass is 10.1. The predicted molar refractivity (Wildman–Crippen MR) is 61.6 cm³/mol. The average Bonchev–Trinajstić information content (AvgIpc) is 2.12. The number of hydrogen-bond acceptors (Lipinski definition) is 1. The van der Waals surface area contributed by atoms with Crippen molar-refractivity contribution in [3.8, 4) is 0 Å². The van der Waals surface area contributed by atoms with Crippen molar-refractivity contribution >= 4 is 22.6 Å². The summed E-state index contributed by atoms with van der Waals surface area (Å²) in [6.45, 7) is 2.27. The Labute approximate surface area is 96.0 Å². The Hall–Kier alpha value is -0.230. The van der Waals surface area contributed by atoms with E-state index in [0.717, 1.165) is 9.13 Å². The molecule has 0 atom stereocenters. The van der Waals surface area contributed by atoms with Gasteiger partial charge in [0.2, 0.25) is 0 Å². The van der Waals surface area contributed by atoms with Gasteiger partial charge < -0.3 is 5.32 Å². The van der Waals surface area contributed by atoms with E-state index in [4.69, 9.17) is 0 Å². The molecule has 0 saturated heterocycles. The van der Waals surface area contributed by atoms with Crippen molar-refractivity contribution in [2.75, 3.05) is 6.54 Å². The molecule has 14 heavy (non-hydrogen) atoms. The fourth-order valence-corrected chi connectivity index (χ4v) is 1.71. The standard InChI is InChI=1S/C10H12F2IN/c1-7-3-2-4-8(10(7)13)5-14-6-9(11)12/h2-4,9,14H,5-6H2,1H3. The number of hydrogen-bond donors (Lipinski definition) is 1. The van der Waals surface area contributed by atoms with Crippen LogP contribution in [0.4, 0.5) is 8.78 Å². The quantitative estimate of drug-likeness (QED) is 0.843. The van der Waals surface area contributed by atoms with Gasteiger partial charge in [0.15, 0.2) is 0 Å². The number of aryl methyl sites for hydroxylation is 1. The minimum atomic E-state index is -2.28. The molecule has 0 amide bonds. The Kier molecular flexibility index (Phi) is 4.74. The first-order valence-corrected chi connectivity index (χ1v) is 5.42. The average molecular weight is 311 g/mol. The smallest absolute Gasteiger partial charge is 0.250 e. The van der Waals surface area contributed by atoms with Crippen LogP contribution in [-0.2, 0) is 6.54 Å². The number of benzene rings is 1. The highest BCUT2D eigenvalue weighted by molar-refractivity contribution is 14.1. The summed E-state index contributed by atoms with van der Waals surface area (Å²) in [5.74, 6) is 0. The van der Waals surface area contributed by atoms with Crippen LogP contribution in [0.2, 0.25) is 0 Å². The number of nitrogens with one attached hydrogen (secondary N) is 1. The fraction of sp³-hybridized carbons (Fsp3) is 0.400. The van der Waals surface area contributed by atoms with Crippen LogP contribution in [0, 0.1) is 10.5 Å². The van der Waals surface area contributed by atoms with Gasteiger partial charge in [0.1, 0.15) is 0 Å². The van der Waals surface area contributed by atoms with Gasteiger partial charge in [-0.3, -0.25) is 0 Å². The highest BCUT2D eigenvalue weighted by Crippen LogP contribution is 2.16. The van der Waals surface area contributed by atoms with E-state index in [-0.39, 0.29) is 6.54 Å². The Morgan fingerprint density at radius 1 is 1.43 bits per heavy atom. The topological polar surface area (TPSA) is 12.0 Å². The summed E-state index contributed by atoms with van der Waals surface area (Å²) in [6.07, 6.45) is -2.28. The molecule has 0 heterocycles. The van der Waals surface area contributed by atoms with Crippen molar-refractivity contribution in [1.29, 1.82) is 0 Å². The van der Waals surface area contributed by atoms with Crippen molar-refractivity contribution in [1.82, 2.24) is 5.32 Å². The molecule has 0 radical (unpaired) electrons. The lowest BCUT2D eigenvalue weighted by Gasteiger charge is -2.08. The molecule has 0 aliphatic carbocycles. The van der Waals surface area contributed by atoms with Crippen LogP contribution in [-0.4, -0.2) is 13.0 Å². The molecular formula is C10H12F2IN. The molecule has 0 spiro atoms. The van der Waals surface area contributed by atoms with Gasteiger partial charge >= 0.3 is 0 Å². The van der Waals surface area contributed by atoms with E-state index in [0.29, 0.717) is 6.54 Å². The summed E-state index contributed by atoms with van der Waals surface area (Å²) in [5.41, 5.74) is 2.26. The Morgan fingerprint density at radius 3 is 2.79 bits per heavy atom. The van der Waals surface area contributed by atoms with Gasteiger partial charge in [0.05, 0.1) is 6.54 Å². The van der Waals surface area contributed by atoms with Crippen molar-refractivity contribution in [3.63, 3.8) is 0 Å². The van der Waals surface area contributed by atoms with Crippen LogP contribution in [0.25, 0.3) is 0 Å². The molecular weight excluding hydrogens is 299 g/mol. The first-order chi connectivity index (χ1) is 6.61. The van der Waals surface area contributed by atoms with Crippen LogP contribution in [0.5, 0.6) is 0 Å². The lowest BCUT2D eigenvalue weighted by molar-refractivity contribution is 0.145. The second-order valence-corrected chi connectivity index (χ2v) is 4.15. The fourth-order valence-electron chi connectivity index (χ4n) is 1.16. The lowest BCUT2D eigenvalue weighted by Crippen LogP contribution is -2.21. The first-order valence-electron chi connectivity index (χ1n) is 4.34. The highest BCUT2D eigenvalue weighted by atomic mass is 127. The van der Waals surface area contributed by atoms with Crippen LogP contribution >= 0.6 is 22.6 Å². The van der Waals surface area contributed by atoms with Crippen molar-refractivity contribution in [2.24, 2.45) is 0 Å². The minimum absolute atomic E-state index is 0.246. The van der Waals surface area contributed by atoms with Crippen molar-refractivity contribution in [3.05, 3.63) is 32.9 Å². The van der Waals surface area contributed by atoms with E-state index >= 15 is 0 Å². The maximum absolute atomic E-state index is 11.9. The normalized spacial score (nSPS) is 10.9. The molecule has 0 unspecified atom stereocenters. The predicted octanol–water partition coefficient (Wildman–Crippen LogP) is 2.95. The zero-order valence-corrected chi connectivity index (χ0v) is 10.0. The van der Waals surface area contributed by atoms with Crippen molar-refractivity contribution < 1.29 is 8.78 Å². The van der Waals surface area contributed by atoms with Gasteiger partial charge in [0.25, 0.3) is 6.43 Å². The summed E-state index contributed by atoms with van der Waals surface area (Å²) in [5, 5.41) is 2.71. The largest absolute Gasteiger partial charge is 0.307 e. The van der Waals surface area contributed by atoms with Gasteiger partial charge in [-0.05, 0) is 40.6 Å². The van der Waals surface area contributed by atoms with Gasteiger partial charge in [-0.1, -0.05) is 18.2 Å². The summed E-state index contributed by atoms with van der Waals surface area (Å²) < 4.78 is 24.9. The molecule has 0 saturated carbocycles. The maximum Gasteiger partial charge on any atom is 0.250 e. The second kappa shape index (κ2) is 5.60. The van der Waals surface area contributed by atoms with Crippen LogP contribution < -0.4 is 5.32 Å². The van der Waals surface area contributed by atoms with Crippen LogP contribution in [0.3, 0.4) is 0 Å². The van der Waals surface area contributed by atoms with Gasteiger partial charge in [-0.25, -0.2) is 8.78 Å². The molecule has 1 rings (SSSR count). The van der Waals surface area contributed by atoms with Crippen LogP contribution in [0.1, 0.15) is 11.1 Å². The van der Waals surface area contributed by atoms with E-state index < -0.39 is 6.43 Å². The number of rotatable bonds is 4. The minimum Gasteiger partial charge on any atom is -0.307 e. The summed E-state index contributed by atoms with van der Waals surface area (Å²) in [7, 11) is 0. The summed E-state index contributed by atoms with van der Waals surface area (Å²) >= 11 is 2.23. The van der Waals surface area contributed by atoms with E-state index in [1.54, 1.807) is 0 Å². The Bertz CT molecular complexity index is 302. The molecule has 1 N–H and O–H groups in total. The summed E-state index contributed by atoms with van der Waals surface area (Å²) in [4.78, 5) is 0. The highest BCUT2D eigenvalue weighted by Gasteiger charge is 2.04. The molecule has 0 aliphatic heterocycles. The molecule has 0 bridgehead atoms. The number of halogens is 3. The number of alkyl halides is 2. The molecule has 78 valence electrons. The molecule has 4 heteroatoms. The molecule has 0 aliphatic rings. The van der Waals surface area contributed by atoms with E-state index in [1.165, 1.54) is 5.56 Å². The molecule has 1 aromatic rings. The third-order valence-electron chi connectivity index (χ3n) is 1.89. The van der Waals surface area contributed by atoms with E-state index in [2.05, 4.69) is 27.9 Å². The van der Waals surface area contributed by atoms with Gasteiger partial charge in [0, 0.05) is 10.1 Å². The van der Waals surface area contributed by atoms with Gasteiger partial charge in [-0.15, -0.1) is 0 Å². The zero-order chi connectivity index (χ0) is 10.6. The third kappa shape index (κ3) is 3.49. The Morgan fingerprint density at radius 2 is 2.14 bits per heavy atom. The molecule has 0 aromatic heterocycles. The zero-order valence-electron chi connectivity index (χ0n) is 7.86. The van der Waals surface area contributed by atoms with Crippen LogP contribution in [0.15, 0.2) is 18.2 Å². The van der Waals surface area contributed by atoms with Gasteiger partial charge in [-0.2, -0.15) is 0 Å². The Balaban J connectivity index is 2.54. The molecule has 1 aromatic carbocycles. The van der Waals surface area contributed by atoms with E-state index in [1.807, 2.05) is 25.1 Å². The van der Waals surface area contributed by atoms with Crippen molar-refractivity contribution in [2.45, 2.75) is 19.9 Å². The monoisotopic (exact) mass is 311 g/mol. The maximum atomic E-state index is 11.9. The molecule has 1 nitrogen and oxygen atoms in total. The first kappa shape index (κ1) is 11.8. The second-order valence-electron chi connectivity index (χ2n) is 3.07. The third-order valence-corrected chi connectivity index (χ3v) is 3.43. The summed E-state index contributed by atoms with van der Waals surface area (Å²) in [6, 6.07) is 5.91. The molecule has 0 fully saturated rings. The SMILES string of the molecule is Cc1cccc(CNCC(F)F)c1I. The van der Waals surface area contributed by atoms with E-state index in [9.17, 15) is 8.78 Å².